The van der Waals surface area contributed by atoms with E-state index in [1.54, 1.807) is 10.9 Å². The maximum Gasteiger partial charge on any atom is 0.125 e. The van der Waals surface area contributed by atoms with Gasteiger partial charge in [0, 0.05) is 18.9 Å². The maximum atomic E-state index is 5.56. The molecule has 3 N–H and O–H groups in total. The van der Waals surface area contributed by atoms with Crippen molar-refractivity contribution in [2.75, 3.05) is 17.6 Å². The monoisotopic (exact) mass is 217 g/mol. The first-order valence-electron chi connectivity index (χ1n) is 5.18. The second-order valence-corrected chi connectivity index (χ2v) is 3.68. The molecular weight excluding hydrogens is 202 g/mol. The largest absolute Gasteiger partial charge is 0.396 e. The third-order valence-corrected chi connectivity index (χ3v) is 2.21. The topological polar surface area (TPSA) is 68.8 Å². The minimum Gasteiger partial charge on any atom is -0.396 e. The number of nitrogens with zero attached hydrogens (tertiary/aromatic N) is 3. The highest BCUT2D eigenvalue weighted by atomic mass is 15.3. The number of aryl methyl sites for hydroxylation is 1. The van der Waals surface area contributed by atoms with E-state index in [1.165, 1.54) is 0 Å². The number of hydrogen-bond donors (Lipinski definition) is 2. The summed E-state index contributed by atoms with van der Waals surface area (Å²) >= 11 is 0. The number of pyridine rings is 1. The maximum absolute atomic E-state index is 5.56. The summed E-state index contributed by atoms with van der Waals surface area (Å²) in [5, 5.41) is 7.31. The highest BCUT2D eigenvalue weighted by Gasteiger charge is 1.95. The van der Waals surface area contributed by atoms with E-state index >= 15 is 0 Å². The molecule has 5 heteroatoms. The average molecular weight is 217 g/mol. The van der Waals surface area contributed by atoms with E-state index in [9.17, 15) is 0 Å². The number of aromatic nitrogens is 3. The van der Waals surface area contributed by atoms with Gasteiger partial charge in [-0.15, -0.1) is 0 Å². The number of hydrogen-bond acceptors (Lipinski definition) is 4. The molecular formula is C11H15N5. The normalized spacial score (nSPS) is 10.3. The molecule has 5 nitrogen and oxygen atoms in total. The Morgan fingerprint density at radius 1 is 1.38 bits per heavy atom. The van der Waals surface area contributed by atoms with Crippen LogP contribution in [0.15, 0.2) is 30.7 Å². The molecule has 0 bridgehead atoms. The van der Waals surface area contributed by atoms with Gasteiger partial charge in [0.25, 0.3) is 0 Å². The molecule has 2 aromatic heterocycles. The average Bonchev–Trinajstić information content (AvgIpc) is 2.67. The summed E-state index contributed by atoms with van der Waals surface area (Å²) < 4.78 is 1.80. The Hall–Kier alpha value is -2.04. The summed E-state index contributed by atoms with van der Waals surface area (Å²) in [6.07, 6.45) is 5.29. The van der Waals surface area contributed by atoms with Crippen LogP contribution in [0.1, 0.15) is 5.56 Å². The summed E-state index contributed by atoms with van der Waals surface area (Å²) in [7, 11) is 0. The molecule has 2 rings (SSSR count). The number of rotatable bonds is 4. The van der Waals surface area contributed by atoms with Gasteiger partial charge in [-0.1, -0.05) is 6.07 Å². The van der Waals surface area contributed by atoms with Crippen LogP contribution in [0.25, 0.3) is 0 Å². The summed E-state index contributed by atoms with van der Waals surface area (Å²) in [5.41, 5.74) is 7.41. The van der Waals surface area contributed by atoms with Crippen LogP contribution in [0.3, 0.4) is 0 Å². The summed E-state index contributed by atoms with van der Waals surface area (Å²) in [6.45, 7) is 3.56. The fourth-order valence-electron chi connectivity index (χ4n) is 1.37. The lowest BCUT2D eigenvalue weighted by molar-refractivity contribution is 0.637. The van der Waals surface area contributed by atoms with Gasteiger partial charge >= 0.3 is 0 Å². The van der Waals surface area contributed by atoms with E-state index in [1.807, 2.05) is 31.5 Å². The standard InChI is InChI=1S/C11H15N5/c1-9-2-3-11(14-6-9)13-4-5-16-8-10(12)7-15-16/h2-3,6-8H,4-5,12H2,1H3,(H,13,14). The molecule has 0 radical (unpaired) electrons. The van der Waals surface area contributed by atoms with Gasteiger partial charge in [-0.3, -0.25) is 4.68 Å². The minimum absolute atomic E-state index is 0.688. The fourth-order valence-corrected chi connectivity index (χ4v) is 1.37. The van der Waals surface area contributed by atoms with Gasteiger partial charge < -0.3 is 11.1 Å². The highest BCUT2D eigenvalue weighted by molar-refractivity contribution is 5.35. The zero-order chi connectivity index (χ0) is 11.4. The smallest absolute Gasteiger partial charge is 0.125 e. The first-order chi connectivity index (χ1) is 7.74. The fraction of sp³-hybridized carbons (Fsp3) is 0.273. The lowest BCUT2D eigenvalue weighted by Crippen LogP contribution is -2.11. The quantitative estimate of drug-likeness (QED) is 0.809. The van der Waals surface area contributed by atoms with Crippen LogP contribution in [-0.2, 0) is 6.54 Å². The highest BCUT2D eigenvalue weighted by Crippen LogP contribution is 2.03. The Bertz CT molecular complexity index is 446. The van der Waals surface area contributed by atoms with Crippen molar-refractivity contribution in [2.45, 2.75) is 13.5 Å². The Morgan fingerprint density at radius 2 is 2.25 bits per heavy atom. The molecule has 16 heavy (non-hydrogen) atoms. The zero-order valence-electron chi connectivity index (χ0n) is 9.22. The van der Waals surface area contributed by atoms with Gasteiger partial charge in [-0.05, 0) is 18.6 Å². The van der Waals surface area contributed by atoms with E-state index in [-0.39, 0.29) is 0 Å². The number of nitrogens with one attached hydrogen (secondary N) is 1. The molecule has 84 valence electrons. The predicted octanol–water partition coefficient (Wildman–Crippen LogP) is 1.28. The van der Waals surface area contributed by atoms with Crippen LogP contribution in [0.5, 0.6) is 0 Å². The summed E-state index contributed by atoms with van der Waals surface area (Å²) in [5.74, 6) is 0.880. The van der Waals surface area contributed by atoms with Crippen molar-refractivity contribution in [2.24, 2.45) is 0 Å². The third-order valence-electron chi connectivity index (χ3n) is 2.21. The van der Waals surface area contributed by atoms with Crippen molar-refractivity contribution < 1.29 is 0 Å². The van der Waals surface area contributed by atoms with Gasteiger partial charge in [-0.25, -0.2) is 4.98 Å². The van der Waals surface area contributed by atoms with Gasteiger partial charge in [0.15, 0.2) is 0 Å². The Kier molecular flexibility index (Phi) is 3.05. The van der Waals surface area contributed by atoms with E-state index < -0.39 is 0 Å². The first-order valence-corrected chi connectivity index (χ1v) is 5.18. The third kappa shape index (κ3) is 2.73. The van der Waals surface area contributed by atoms with Crippen LogP contribution in [-0.4, -0.2) is 21.3 Å². The molecule has 0 atom stereocenters. The van der Waals surface area contributed by atoms with Crippen molar-refractivity contribution in [3.8, 4) is 0 Å². The van der Waals surface area contributed by atoms with Crippen LogP contribution < -0.4 is 11.1 Å². The SMILES string of the molecule is Cc1ccc(NCCn2cc(N)cn2)nc1. The van der Waals surface area contributed by atoms with E-state index in [0.717, 1.165) is 24.5 Å². The van der Waals surface area contributed by atoms with Crippen LogP contribution in [0, 0.1) is 6.92 Å². The Labute approximate surface area is 94.3 Å². The predicted molar refractivity (Wildman–Crippen MR) is 64.1 cm³/mol. The molecule has 0 saturated carbocycles. The number of anilines is 2. The van der Waals surface area contributed by atoms with Crippen molar-refractivity contribution in [1.29, 1.82) is 0 Å². The van der Waals surface area contributed by atoms with Crippen molar-refractivity contribution >= 4 is 11.5 Å². The van der Waals surface area contributed by atoms with E-state index in [0.29, 0.717) is 5.69 Å². The summed E-state index contributed by atoms with van der Waals surface area (Å²) in [6, 6.07) is 3.99. The van der Waals surface area contributed by atoms with Crippen LogP contribution in [0.2, 0.25) is 0 Å². The molecule has 0 aliphatic heterocycles. The van der Waals surface area contributed by atoms with Crippen LogP contribution >= 0.6 is 0 Å². The number of nitrogens with two attached hydrogens (primary N) is 1. The molecule has 0 spiro atoms. The second kappa shape index (κ2) is 4.65. The van der Waals surface area contributed by atoms with E-state index in [4.69, 9.17) is 5.73 Å². The van der Waals surface area contributed by atoms with Crippen molar-refractivity contribution in [3.63, 3.8) is 0 Å². The van der Waals surface area contributed by atoms with Crippen LogP contribution in [0.4, 0.5) is 11.5 Å². The summed E-state index contributed by atoms with van der Waals surface area (Å²) in [4.78, 5) is 4.25. The molecule has 0 fully saturated rings. The molecule has 0 unspecified atom stereocenters. The van der Waals surface area contributed by atoms with Crippen molar-refractivity contribution in [1.82, 2.24) is 14.8 Å². The Morgan fingerprint density at radius 3 is 2.88 bits per heavy atom. The molecule has 0 aliphatic rings. The van der Waals surface area contributed by atoms with Gasteiger partial charge in [0.05, 0.1) is 18.4 Å². The molecule has 0 aliphatic carbocycles. The van der Waals surface area contributed by atoms with E-state index in [2.05, 4.69) is 15.4 Å². The Balaban J connectivity index is 1.82. The van der Waals surface area contributed by atoms with Crippen molar-refractivity contribution in [3.05, 3.63) is 36.3 Å². The van der Waals surface area contributed by atoms with Gasteiger partial charge in [0.2, 0.25) is 0 Å². The van der Waals surface area contributed by atoms with Gasteiger partial charge in [0.1, 0.15) is 5.82 Å². The molecule has 0 aromatic carbocycles. The minimum atomic E-state index is 0.688. The first kappa shape index (κ1) is 10.5. The lowest BCUT2D eigenvalue weighted by atomic mass is 10.3. The zero-order valence-corrected chi connectivity index (χ0v) is 9.22. The lowest BCUT2D eigenvalue weighted by Gasteiger charge is -2.05. The molecule has 0 saturated heterocycles. The molecule has 0 amide bonds. The molecule has 2 heterocycles. The molecule has 2 aromatic rings. The number of nitrogen functional groups attached to an aromatic ring is 1. The second-order valence-electron chi connectivity index (χ2n) is 3.68. The van der Waals surface area contributed by atoms with Gasteiger partial charge in [-0.2, -0.15) is 5.10 Å².